The molecule has 162 valence electrons. The van der Waals surface area contributed by atoms with Crippen LogP contribution in [0.5, 0.6) is 0 Å². The Kier molecular flexibility index (Phi) is 8.01. The number of piperazine rings is 1. The van der Waals surface area contributed by atoms with Gasteiger partial charge in [-0.2, -0.15) is 0 Å². The maximum atomic E-state index is 12.3. The molecule has 30 heavy (non-hydrogen) atoms. The normalized spacial score (nSPS) is 15.8. The van der Waals surface area contributed by atoms with Crippen LogP contribution in [0.15, 0.2) is 54.6 Å². The van der Waals surface area contributed by atoms with Crippen LogP contribution >= 0.6 is 0 Å². The molecule has 1 saturated heterocycles. The van der Waals surface area contributed by atoms with Crippen LogP contribution < -0.4 is 5.32 Å². The van der Waals surface area contributed by atoms with Crippen molar-refractivity contribution in [2.45, 2.75) is 18.7 Å². The third-order valence-electron chi connectivity index (χ3n) is 5.27. The average Bonchev–Trinajstić information content (AvgIpc) is 2.72. The summed E-state index contributed by atoms with van der Waals surface area (Å²) in [6.45, 7) is 6.81. The summed E-state index contributed by atoms with van der Waals surface area (Å²) in [5, 5.41) is 2.94. The SMILES string of the molecule is CS(=O)(=O)Cc1cccc(C(=O)NCCCN2CCN(Cc3ccccc3)CC2)c1. The van der Waals surface area contributed by atoms with Crippen LogP contribution in [-0.4, -0.2) is 69.6 Å². The van der Waals surface area contributed by atoms with Gasteiger partial charge in [-0.3, -0.25) is 9.69 Å². The van der Waals surface area contributed by atoms with Crippen LogP contribution in [0.2, 0.25) is 0 Å². The zero-order valence-electron chi connectivity index (χ0n) is 17.6. The van der Waals surface area contributed by atoms with E-state index in [1.165, 1.54) is 11.8 Å². The van der Waals surface area contributed by atoms with Crippen molar-refractivity contribution in [3.63, 3.8) is 0 Å². The number of rotatable bonds is 9. The topological polar surface area (TPSA) is 69.7 Å². The summed E-state index contributed by atoms with van der Waals surface area (Å²) in [5.74, 6) is -0.206. The fourth-order valence-electron chi connectivity index (χ4n) is 3.72. The smallest absolute Gasteiger partial charge is 0.251 e. The highest BCUT2D eigenvalue weighted by Gasteiger charge is 2.16. The molecule has 0 atom stereocenters. The van der Waals surface area contributed by atoms with E-state index >= 15 is 0 Å². The lowest BCUT2D eigenvalue weighted by atomic mass is 10.1. The Balaban J connectivity index is 1.34. The quantitative estimate of drug-likeness (QED) is 0.619. The molecule has 1 fully saturated rings. The molecule has 2 aromatic carbocycles. The molecular formula is C23H31N3O3S. The van der Waals surface area contributed by atoms with Crippen molar-refractivity contribution < 1.29 is 13.2 Å². The molecule has 0 radical (unpaired) electrons. The third kappa shape index (κ3) is 7.55. The lowest BCUT2D eigenvalue weighted by molar-refractivity contribution is 0.0947. The largest absolute Gasteiger partial charge is 0.352 e. The molecule has 7 heteroatoms. The first kappa shape index (κ1) is 22.5. The second kappa shape index (κ2) is 10.7. The molecule has 2 aromatic rings. The number of carbonyl (C=O) groups is 1. The fourth-order valence-corrected chi connectivity index (χ4v) is 4.51. The van der Waals surface area contributed by atoms with Gasteiger partial charge in [0, 0.05) is 51.1 Å². The van der Waals surface area contributed by atoms with Crippen molar-refractivity contribution in [1.29, 1.82) is 0 Å². The Morgan fingerprint density at radius 2 is 1.60 bits per heavy atom. The lowest BCUT2D eigenvalue weighted by Gasteiger charge is -2.34. The Morgan fingerprint density at radius 3 is 2.30 bits per heavy atom. The summed E-state index contributed by atoms with van der Waals surface area (Å²) in [6, 6.07) is 17.4. The monoisotopic (exact) mass is 429 g/mol. The molecule has 1 amide bonds. The van der Waals surface area contributed by atoms with Crippen molar-refractivity contribution in [3.05, 3.63) is 71.3 Å². The maximum Gasteiger partial charge on any atom is 0.251 e. The number of nitrogens with zero attached hydrogens (tertiary/aromatic N) is 2. The van der Waals surface area contributed by atoms with Crippen LogP contribution in [0.25, 0.3) is 0 Å². The van der Waals surface area contributed by atoms with E-state index < -0.39 is 9.84 Å². The number of sulfone groups is 1. The van der Waals surface area contributed by atoms with Gasteiger partial charge in [0.1, 0.15) is 0 Å². The third-order valence-corrected chi connectivity index (χ3v) is 6.13. The van der Waals surface area contributed by atoms with E-state index in [4.69, 9.17) is 0 Å². The molecule has 1 heterocycles. The summed E-state index contributed by atoms with van der Waals surface area (Å²) in [7, 11) is -3.12. The summed E-state index contributed by atoms with van der Waals surface area (Å²) in [6.07, 6.45) is 2.09. The number of carbonyl (C=O) groups excluding carboxylic acids is 1. The first-order valence-corrected chi connectivity index (χ1v) is 12.5. The highest BCUT2D eigenvalue weighted by molar-refractivity contribution is 7.89. The second-order valence-electron chi connectivity index (χ2n) is 7.98. The van der Waals surface area contributed by atoms with Gasteiger partial charge in [-0.15, -0.1) is 0 Å². The fraction of sp³-hybridized carbons (Fsp3) is 0.435. The molecule has 3 rings (SSSR count). The van der Waals surface area contributed by atoms with E-state index in [9.17, 15) is 13.2 Å². The first-order chi connectivity index (χ1) is 14.4. The Labute approximate surface area is 179 Å². The minimum atomic E-state index is -3.12. The number of amides is 1. The Morgan fingerprint density at radius 1 is 0.933 bits per heavy atom. The van der Waals surface area contributed by atoms with Gasteiger partial charge in [0.15, 0.2) is 9.84 Å². The first-order valence-electron chi connectivity index (χ1n) is 10.4. The minimum absolute atomic E-state index is 0.0512. The highest BCUT2D eigenvalue weighted by atomic mass is 32.2. The molecule has 1 aliphatic rings. The zero-order valence-corrected chi connectivity index (χ0v) is 18.4. The summed E-state index contributed by atoms with van der Waals surface area (Å²) >= 11 is 0. The van der Waals surface area contributed by atoms with Gasteiger partial charge < -0.3 is 10.2 Å². The number of hydrogen-bond donors (Lipinski definition) is 1. The maximum absolute atomic E-state index is 12.3. The average molecular weight is 430 g/mol. The van der Waals surface area contributed by atoms with Gasteiger partial charge >= 0.3 is 0 Å². The van der Waals surface area contributed by atoms with Gasteiger partial charge in [0.2, 0.25) is 0 Å². The van der Waals surface area contributed by atoms with E-state index in [-0.39, 0.29) is 11.7 Å². The van der Waals surface area contributed by atoms with Crippen LogP contribution in [0.3, 0.4) is 0 Å². The molecule has 0 aliphatic carbocycles. The van der Waals surface area contributed by atoms with Crippen molar-refractivity contribution >= 4 is 15.7 Å². The van der Waals surface area contributed by atoms with E-state index in [0.29, 0.717) is 17.7 Å². The number of hydrogen-bond acceptors (Lipinski definition) is 5. The van der Waals surface area contributed by atoms with E-state index in [1.54, 1.807) is 24.3 Å². The molecule has 0 bridgehead atoms. The predicted octanol–water partition coefficient (Wildman–Crippen LogP) is 2.17. The molecule has 0 aromatic heterocycles. The standard InChI is InChI=1S/C23H31N3O3S/c1-30(28,29)19-21-9-5-10-22(17-21)23(27)24-11-6-12-25-13-15-26(16-14-25)18-20-7-3-2-4-8-20/h2-5,7-10,17H,6,11-16,18-19H2,1H3,(H,24,27). The molecular weight excluding hydrogens is 398 g/mol. The highest BCUT2D eigenvalue weighted by Crippen LogP contribution is 2.10. The molecule has 0 saturated carbocycles. The number of benzene rings is 2. The second-order valence-corrected chi connectivity index (χ2v) is 10.1. The predicted molar refractivity (Wildman–Crippen MR) is 120 cm³/mol. The zero-order chi connectivity index (χ0) is 21.4. The molecule has 1 N–H and O–H groups in total. The van der Waals surface area contributed by atoms with E-state index in [2.05, 4.69) is 39.4 Å². The van der Waals surface area contributed by atoms with Gasteiger partial charge in [0.25, 0.3) is 5.91 Å². The molecule has 0 unspecified atom stereocenters. The van der Waals surface area contributed by atoms with Crippen LogP contribution in [-0.2, 0) is 22.1 Å². The van der Waals surface area contributed by atoms with Crippen LogP contribution in [0.1, 0.15) is 27.9 Å². The van der Waals surface area contributed by atoms with Gasteiger partial charge in [-0.1, -0.05) is 42.5 Å². The minimum Gasteiger partial charge on any atom is -0.352 e. The van der Waals surface area contributed by atoms with E-state index in [1.807, 2.05) is 6.07 Å². The molecule has 6 nitrogen and oxygen atoms in total. The molecule has 0 spiro atoms. The molecule has 1 aliphatic heterocycles. The lowest BCUT2D eigenvalue weighted by Crippen LogP contribution is -2.46. The van der Waals surface area contributed by atoms with Gasteiger partial charge in [-0.25, -0.2) is 8.42 Å². The van der Waals surface area contributed by atoms with Crippen LogP contribution in [0, 0.1) is 0 Å². The van der Waals surface area contributed by atoms with Crippen molar-refractivity contribution in [3.8, 4) is 0 Å². The van der Waals surface area contributed by atoms with Crippen molar-refractivity contribution in [1.82, 2.24) is 15.1 Å². The van der Waals surface area contributed by atoms with E-state index in [0.717, 1.165) is 45.7 Å². The summed E-state index contributed by atoms with van der Waals surface area (Å²) < 4.78 is 22.9. The number of nitrogens with one attached hydrogen (secondary N) is 1. The Hall–Kier alpha value is -2.22. The van der Waals surface area contributed by atoms with Crippen LogP contribution in [0.4, 0.5) is 0 Å². The summed E-state index contributed by atoms with van der Waals surface area (Å²) in [4.78, 5) is 17.3. The van der Waals surface area contributed by atoms with Gasteiger partial charge in [0.05, 0.1) is 5.75 Å². The van der Waals surface area contributed by atoms with Gasteiger partial charge in [-0.05, 0) is 36.2 Å². The van der Waals surface area contributed by atoms with Crippen molar-refractivity contribution in [2.75, 3.05) is 45.5 Å². The Bertz CT molecular complexity index is 924. The van der Waals surface area contributed by atoms with Crippen molar-refractivity contribution in [2.24, 2.45) is 0 Å². The summed E-state index contributed by atoms with van der Waals surface area (Å²) in [5.41, 5.74) is 2.50.